The Bertz CT molecular complexity index is 1290. The van der Waals surface area contributed by atoms with Crippen molar-refractivity contribution >= 4 is 45.7 Å². The Hall–Kier alpha value is -3.09. The molecule has 0 radical (unpaired) electrons. The summed E-state index contributed by atoms with van der Waals surface area (Å²) in [5, 5.41) is 7.35. The second-order valence-corrected chi connectivity index (χ2v) is 8.97. The second-order valence-electron chi connectivity index (χ2n) is 7.40. The van der Waals surface area contributed by atoms with Gasteiger partial charge in [-0.05, 0) is 42.7 Å². The van der Waals surface area contributed by atoms with Crippen molar-refractivity contribution in [2.75, 3.05) is 6.54 Å². The Kier molecular flexibility index (Phi) is 5.26. The Labute approximate surface area is 188 Å². The highest BCUT2D eigenvalue weighted by molar-refractivity contribution is 7.14. The lowest BCUT2D eigenvalue weighted by Crippen LogP contribution is -2.23. The highest BCUT2D eigenvalue weighted by atomic mass is 35.5. The topological polar surface area (TPSA) is 71.3 Å². The molecule has 1 aliphatic heterocycles. The molecule has 31 heavy (non-hydrogen) atoms. The molecule has 1 aliphatic rings. The molecule has 2 amide bonds. The first-order valence-electron chi connectivity index (χ1n) is 10.1. The van der Waals surface area contributed by atoms with E-state index < -0.39 is 0 Å². The maximum Gasteiger partial charge on any atom is 0.261 e. The van der Waals surface area contributed by atoms with Crippen LogP contribution in [0.1, 0.15) is 37.1 Å². The van der Waals surface area contributed by atoms with Gasteiger partial charge in [-0.1, -0.05) is 41.9 Å². The zero-order valence-corrected chi connectivity index (χ0v) is 18.1. The third-order valence-electron chi connectivity index (χ3n) is 5.34. The van der Waals surface area contributed by atoms with Gasteiger partial charge in [0.05, 0.1) is 17.0 Å². The first-order valence-corrected chi connectivity index (χ1v) is 11.2. The number of nitrogens with one attached hydrogen (secondary N) is 2. The van der Waals surface area contributed by atoms with Crippen molar-refractivity contribution in [1.29, 1.82) is 0 Å². The van der Waals surface area contributed by atoms with E-state index in [0.717, 1.165) is 34.2 Å². The SMILES string of the molecule is O=C(NCc1oc2ccc(Cl)cc2c1-c1ccccc1)c1cc2c(s1)CCCNC2=O. The number of thiophene rings is 1. The van der Waals surface area contributed by atoms with E-state index >= 15 is 0 Å². The van der Waals surface area contributed by atoms with E-state index in [9.17, 15) is 9.59 Å². The van der Waals surface area contributed by atoms with Crippen LogP contribution in [0.2, 0.25) is 5.02 Å². The van der Waals surface area contributed by atoms with Crippen LogP contribution in [-0.2, 0) is 13.0 Å². The highest BCUT2D eigenvalue weighted by Gasteiger charge is 2.22. The molecule has 0 saturated carbocycles. The summed E-state index contributed by atoms with van der Waals surface area (Å²) in [7, 11) is 0. The fourth-order valence-electron chi connectivity index (χ4n) is 3.88. The number of aryl methyl sites for hydroxylation is 1. The molecular weight excluding hydrogens is 432 g/mol. The van der Waals surface area contributed by atoms with Crippen LogP contribution in [0.4, 0.5) is 0 Å². The van der Waals surface area contributed by atoms with Gasteiger partial charge in [-0.3, -0.25) is 9.59 Å². The summed E-state index contributed by atoms with van der Waals surface area (Å²) in [6.07, 6.45) is 1.68. The summed E-state index contributed by atoms with van der Waals surface area (Å²) < 4.78 is 6.08. The lowest BCUT2D eigenvalue weighted by Gasteiger charge is -2.05. The molecule has 2 aromatic carbocycles. The van der Waals surface area contributed by atoms with Gasteiger partial charge in [0.2, 0.25) is 0 Å². The molecular formula is C24H19ClN2O3S. The Balaban J connectivity index is 1.44. The van der Waals surface area contributed by atoms with Crippen molar-refractivity contribution in [3.63, 3.8) is 0 Å². The Morgan fingerprint density at radius 3 is 2.84 bits per heavy atom. The van der Waals surface area contributed by atoms with Crippen LogP contribution in [-0.4, -0.2) is 18.4 Å². The van der Waals surface area contributed by atoms with Crippen LogP contribution in [0, 0.1) is 0 Å². The van der Waals surface area contributed by atoms with Crippen molar-refractivity contribution in [1.82, 2.24) is 10.6 Å². The number of hydrogen-bond acceptors (Lipinski definition) is 4. The quantitative estimate of drug-likeness (QED) is 0.436. The minimum atomic E-state index is -0.219. The number of amides is 2. The highest BCUT2D eigenvalue weighted by Crippen LogP contribution is 2.36. The zero-order chi connectivity index (χ0) is 21.4. The molecule has 0 aliphatic carbocycles. The Morgan fingerprint density at radius 1 is 1.16 bits per heavy atom. The zero-order valence-electron chi connectivity index (χ0n) is 16.5. The molecule has 156 valence electrons. The molecule has 0 bridgehead atoms. The predicted octanol–water partition coefficient (Wildman–Crippen LogP) is 5.42. The maximum atomic E-state index is 12.9. The van der Waals surface area contributed by atoms with Gasteiger partial charge >= 0.3 is 0 Å². The number of carbonyl (C=O) groups excluding carboxylic acids is 2. The van der Waals surface area contributed by atoms with E-state index in [4.69, 9.17) is 16.0 Å². The van der Waals surface area contributed by atoms with Gasteiger partial charge in [-0.15, -0.1) is 11.3 Å². The fraction of sp³-hybridized carbons (Fsp3) is 0.167. The monoisotopic (exact) mass is 450 g/mol. The molecule has 5 rings (SSSR count). The van der Waals surface area contributed by atoms with E-state index in [2.05, 4.69) is 10.6 Å². The van der Waals surface area contributed by atoms with Gasteiger partial charge < -0.3 is 15.1 Å². The van der Waals surface area contributed by atoms with Crippen molar-refractivity contribution in [2.24, 2.45) is 0 Å². The van der Waals surface area contributed by atoms with Gasteiger partial charge in [-0.25, -0.2) is 0 Å². The number of fused-ring (bicyclic) bond motifs is 2. The normalized spacial score (nSPS) is 13.5. The Morgan fingerprint density at radius 2 is 2.00 bits per heavy atom. The van der Waals surface area contributed by atoms with Gasteiger partial charge in [0.1, 0.15) is 11.3 Å². The first-order chi connectivity index (χ1) is 15.1. The standard InChI is InChI=1S/C24H19ClN2O3S/c25-15-8-9-18-16(11-15)22(14-5-2-1-3-6-14)19(30-18)13-27-24(29)21-12-17-20(31-21)7-4-10-26-23(17)28/h1-3,5-6,8-9,11-12H,4,7,10,13H2,(H,26,28)(H,27,29). The van der Waals surface area contributed by atoms with E-state index in [0.29, 0.717) is 33.4 Å². The van der Waals surface area contributed by atoms with Gasteiger partial charge in [0.15, 0.2) is 0 Å². The van der Waals surface area contributed by atoms with Crippen LogP contribution in [0.25, 0.3) is 22.1 Å². The summed E-state index contributed by atoms with van der Waals surface area (Å²) in [5.74, 6) is 0.333. The molecule has 0 fully saturated rings. The van der Waals surface area contributed by atoms with E-state index in [1.807, 2.05) is 42.5 Å². The molecule has 0 atom stereocenters. The lowest BCUT2D eigenvalue weighted by atomic mass is 10.0. The summed E-state index contributed by atoms with van der Waals surface area (Å²) in [6.45, 7) is 0.893. The molecule has 0 spiro atoms. The molecule has 0 saturated heterocycles. The van der Waals surface area contributed by atoms with E-state index in [1.54, 1.807) is 12.1 Å². The summed E-state index contributed by atoms with van der Waals surface area (Å²) in [6, 6.07) is 17.1. The van der Waals surface area contributed by atoms with Crippen molar-refractivity contribution in [3.8, 4) is 11.1 Å². The van der Waals surface area contributed by atoms with Crippen LogP contribution >= 0.6 is 22.9 Å². The molecule has 2 aromatic heterocycles. The van der Waals surface area contributed by atoms with Gasteiger partial charge in [-0.2, -0.15) is 0 Å². The third kappa shape index (κ3) is 3.84. The van der Waals surface area contributed by atoms with Crippen LogP contribution < -0.4 is 10.6 Å². The number of carbonyl (C=O) groups is 2. The van der Waals surface area contributed by atoms with Crippen LogP contribution in [0.5, 0.6) is 0 Å². The summed E-state index contributed by atoms with van der Waals surface area (Å²) in [5.41, 5.74) is 3.23. The van der Waals surface area contributed by atoms with Crippen LogP contribution in [0.3, 0.4) is 0 Å². The van der Waals surface area contributed by atoms with Crippen molar-refractivity contribution in [3.05, 3.63) is 80.7 Å². The molecule has 7 heteroatoms. The van der Waals surface area contributed by atoms with Crippen LogP contribution in [0.15, 0.2) is 59.0 Å². The fourth-order valence-corrected chi connectivity index (χ4v) is 5.17. The number of halogens is 1. The number of rotatable bonds is 4. The smallest absolute Gasteiger partial charge is 0.261 e. The largest absolute Gasteiger partial charge is 0.459 e. The molecule has 4 aromatic rings. The second kappa shape index (κ2) is 8.21. The van der Waals surface area contributed by atoms with Crippen molar-refractivity contribution in [2.45, 2.75) is 19.4 Å². The summed E-state index contributed by atoms with van der Waals surface area (Å²) in [4.78, 5) is 26.5. The number of hydrogen-bond donors (Lipinski definition) is 2. The van der Waals surface area contributed by atoms with Gasteiger partial charge in [0.25, 0.3) is 11.8 Å². The number of benzene rings is 2. The molecule has 2 N–H and O–H groups in total. The predicted molar refractivity (Wildman–Crippen MR) is 123 cm³/mol. The van der Waals surface area contributed by atoms with Crippen molar-refractivity contribution < 1.29 is 14.0 Å². The summed E-state index contributed by atoms with van der Waals surface area (Å²) >= 11 is 7.61. The minimum Gasteiger partial charge on any atom is -0.459 e. The lowest BCUT2D eigenvalue weighted by molar-refractivity contribution is 0.0951. The van der Waals surface area contributed by atoms with E-state index in [1.165, 1.54) is 11.3 Å². The first kappa shape index (κ1) is 19.8. The van der Waals surface area contributed by atoms with Gasteiger partial charge in [0, 0.05) is 27.4 Å². The average Bonchev–Trinajstić information content (AvgIpc) is 3.32. The third-order valence-corrected chi connectivity index (χ3v) is 6.77. The number of furan rings is 1. The minimum absolute atomic E-state index is 0.108. The maximum absolute atomic E-state index is 12.9. The molecule has 0 unspecified atom stereocenters. The molecule has 3 heterocycles. The van der Waals surface area contributed by atoms with E-state index in [-0.39, 0.29) is 18.4 Å². The average molecular weight is 451 g/mol. The molecule has 5 nitrogen and oxygen atoms in total.